The molecule has 1 aromatic carbocycles. The molecule has 0 amide bonds. The molecule has 0 aliphatic rings. The lowest BCUT2D eigenvalue weighted by Gasteiger charge is -1.99. The molecule has 2 aromatic rings. The highest BCUT2D eigenvalue weighted by atomic mass is 32.1. The zero-order valence-electron chi connectivity index (χ0n) is 8.24. The summed E-state index contributed by atoms with van der Waals surface area (Å²) in [5.74, 6) is 0. The number of aromatic nitrogens is 1. The number of hydrogen-bond donors (Lipinski definition) is 1. The van der Waals surface area contributed by atoms with E-state index in [1.165, 1.54) is 4.88 Å². The fraction of sp³-hybridized carbons (Fsp3) is 0.182. The molecule has 72 valence electrons. The Kier molecular flexibility index (Phi) is 2.25. The molecule has 0 bridgehead atoms. The zero-order valence-corrected chi connectivity index (χ0v) is 9.06. The smallest absolute Gasteiger partial charge is 0.0904 e. The number of thiazole rings is 1. The lowest BCUT2D eigenvalue weighted by molar-refractivity contribution is 1.28. The number of anilines is 1. The van der Waals surface area contributed by atoms with Gasteiger partial charge in [-0.3, -0.25) is 0 Å². The number of benzene rings is 1. The second-order valence-electron chi connectivity index (χ2n) is 3.26. The van der Waals surface area contributed by atoms with E-state index < -0.39 is 0 Å². The molecule has 0 fully saturated rings. The minimum absolute atomic E-state index is 0.785. The van der Waals surface area contributed by atoms with Crippen LogP contribution in [0.25, 0.3) is 11.3 Å². The molecule has 1 heterocycles. The molecule has 14 heavy (non-hydrogen) atoms. The Morgan fingerprint density at radius 3 is 2.64 bits per heavy atom. The van der Waals surface area contributed by atoms with Crippen LogP contribution in [-0.4, -0.2) is 4.98 Å². The Morgan fingerprint density at radius 1 is 1.29 bits per heavy atom. The van der Waals surface area contributed by atoms with Gasteiger partial charge in [-0.2, -0.15) is 0 Å². The van der Waals surface area contributed by atoms with Gasteiger partial charge in [0, 0.05) is 16.1 Å². The lowest BCUT2D eigenvalue weighted by Crippen LogP contribution is -1.86. The van der Waals surface area contributed by atoms with Gasteiger partial charge in [0.1, 0.15) is 0 Å². The number of nitrogen functional groups attached to an aromatic ring is 1. The van der Waals surface area contributed by atoms with E-state index in [0.717, 1.165) is 22.0 Å². The van der Waals surface area contributed by atoms with Crippen molar-refractivity contribution in [1.82, 2.24) is 4.98 Å². The Morgan fingerprint density at radius 2 is 2.07 bits per heavy atom. The summed E-state index contributed by atoms with van der Waals surface area (Å²) in [6.07, 6.45) is 0. The minimum atomic E-state index is 0.785. The average molecular weight is 204 g/mol. The van der Waals surface area contributed by atoms with Gasteiger partial charge in [0.15, 0.2) is 0 Å². The van der Waals surface area contributed by atoms with Crippen molar-refractivity contribution in [2.45, 2.75) is 13.8 Å². The maximum Gasteiger partial charge on any atom is 0.0904 e. The first kappa shape index (κ1) is 9.21. The van der Waals surface area contributed by atoms with Crippen LogP contribution >= 0.6 is 11.3 Å². The number of hydrogen-bond acceptors (Lipinski definition) is 3. The first-order valence-electron chi connectivity index (χ1n) is 4.47. The number of aryl methyl sites for hydroxylation is 2. The van der Waals surface area contributed by atoms with E-state index in [4.69, 9.17) is 5.73 Å². The van der Waals surface area contributed by atoms with Gasteiger partial charge >= 0.3 is 0 Å². The molecule has 0 unspecified atom stereocenters. The quantitative estimate of drug-likeness (QED) is 0.725. The largest absolute Gasteiger partial charge is 0.399 e. The summed E-state index contributed by atoms with van der Waals surface area (Å²) in [5.41, 5.74) is 8.67. The van der Waals surface area contributed by atoms with Gasteiger partial charge < -0.3 is 5.73 Å². The highest BCUT2D eigenvalue weighted by Gasteiger charge is 2.06. The molecule has 0 aliphatic heterocycles. The van der Waals surface area contributed by atoms with Crippen molar-refractivity contribution < 1.29 is 0 Å². The monoisotopic (exact) mass is 204 g/mol. The van der Waals surface area contributed by atoms with Crippen LogP contribution in [0.1, 0.15) is 9.88 Å². The van der Waals surface area contributed by atoms with Crippen molar-refractivity contribution in [3.05, 3.63) is 34.2 Å². The van der Waals surface area contributed by atoms with E-state index in [9.17, 15) is 0 Å². The summed E-state index contributed by atoms with van der Waals surface area (Å²) in [6.45, 7) is 4.11. The summed E-state index contributed by atoms with van der Waals surface area (Å²) < 4.78 is 0. The van der Waals surface area contributed by atoms with E-state index >= 15 is 0 Å². The van der Waals surface area contributed by atoms with Crippen LogP contribution < -0.4 is 5.73 Å². The van der Waals surface area contributed by atoms with Gasteiger partial charge in [0.2, 0.25) is 0 Å². The third-order valence-corrected chi connectivity index (χ3v) is 2.95. The first-order valence-corrected chi connectivity index (χ1v) is 5.28. The van der Waals surface area contributed by atoms with Crippen molar-refractivity contribution in [3.8, 4) is 11.3 Å². The highest BCUT2D eigenvalue weighted by Crippen LogP contribution is 2.27. The van der Waals surface area contributed by atoms with E-state index in [0.29, 0.717) is 0 Å². The Hall–Kier alpha value is -1.35. The summed E-state index contributed by atoms with van der Waals surface area (Å²) in [5, 5.41) is 1.10. The van der Waals surface area contributed by atoms with E-state index in [1.807, 2.05) is 31.2 Å². The van der Waals surface area contributed by atoms with Crippen LogP contribution in [0.5, 0.6) is 0 Å². The van der Waals surface area contributed by atoms with Crippen LogP contribution in [-0.2, 0) is 0 Å². The Balaban J connectivity index is 2.54. The second-order valence-corrected chi connectivity index (χ2v) is 4.67. The van der Waals surface area contributed by atoms with Crippen molar-refractivity contribution in [2.75, 3.05) is 5.73 Å². The van der Waals surface area contributed by atoms with Crippen LogP contribution in [0.4, 0.5) is 5.69 Å². The van der Waals surface area contributed by atoms with Gasteiger partial charge in [-0.1, -0.05) is 12.1 Å². The number of nitrogens with zero attached hydrogens (tertiary/aromatic N) is 1. The molecule has 0 spiro atoms. The van der Waals surface area contributed by atoms with Crippen LogP contribution in [0.15, 0.2) is 24.3 Å². The average Bonchev–Trinajstić information content (AvgIpc) is 2.45. The molecule has 1 aromatic heterocycles. The molecule has 2 nitrogen and oxygen atoms in total. The number of nitrogens with two attached hydrogens (primary N) is 1. The van der Waals surface area contributed by atoms with Gasteiger partial charge in [0.05, 0.1) is 10.7 Å². The molecule has 2 rings (SSSR count). The zero-order chi connectivity index (χ0) is 10.1. The molecule has 0 saturated heterocycles. The molecule has 0 aliphatic carbocycles. The van der Waals surface area contributed by atoms with Crippen molar-refractivity contribution in [3.63, 3.8) is 0 Å². The van der Waals surface area contributed by atoms with E-state index in [1.54, 1.807) is 11.3 Å². The van der Waals surface area contributed by atoms with E-state index in [-0.39, 0.29) is 0 Å². The molecule has 0 saturated carbocycles. The molecule has 0 radical (unpaired) electrons. The SMILES string of the molecule is Cc1nc(-c2cccc(N)c2)c(C)s1. The van der Waals surface area contributed by atoms with Crippen molar-refractivity contribution >= 4 is 17.0 Å². The summed E-state index contributed by atoms with van der Waals surface area (Å²) >= 11 is 1.72. The maximum atomic E-state index is 5.73. The maximum absolute atomic E-state index is 5.73. The Bertz CT molecular complexity index is 460. The lowest BCUT2D eigenvalue weighted by atomic mass is 10.1. The minimum Gasteiger partial charge on any atom is -0.399 e. The fourth-order valence-electron chi connectivity index (χ4n) is 1.48. The molecule has 3 heteroatoms. The van der Waals surface area contributed by atoms with Crippen LogP contribution in [0.2, 0.25) is 0 Å². The predicted molar refractivity (Wildman–Crippen MR) is 61.4 cm³/mol. The first-order chi connectivity index (χ1) is 6.66. The molecule has 2 N–H and O–H groups in total. The van der Waals surface area contributed by atoms with E-state index in [2.05, 4.69) is 11.9 Å². The predicted octanol–water partition coefficient (Wildman–Crippen LogP) is 3.01. The van der Waals surface area contributed by atoms with Gasteiger partial charge in [-0.25, -0.2) is 4.98 Å². The molecular weight excluding hydrogens is 192 g/mol. The van der Waals surface area contributed by atoms with Crippen LogP contribution in [0.3, 0.4) is 0 Å². The topological polar surface area (TPSA) is 38.9 Å². The van der Waals surface area contributed by atoms with Gasteiger partial charge in [-0.05, 0) is 26.0 Å². The summed E-state index contributed by atoms with van der Waals surface area (Å²) in [6, 6.07) is 7.84. The number of rotatable bonds is 1. The fourth-order valence-corrected chi connectivity index (χ4v) is 2.32. The summed E-state index contributed by atoms with van der Waals surface area (Å²) in [4.78, 5) is 5.73. The van der Waals surface area contributed by atoms with Crippen LogP contribution in [0, 0.1) is 13.8 Å². The standard InChI is InChI=1S/C11H12N2S/c1-7-11(13-8(2)14-7)9-4-3-5-10(12)6-9/h3-6H,12H2,1-2H3. The molecule has 0 atom stereocenters. The van der Waals surface area contributed by atoms with Gasteiger partial charge in [0.25, 0.3) is 0 Å². The van der Waals surface area contributed by atoms with Crippen molar-refractivity contribution in [2.24, 2.45) is 0 Å². The van der Waals surface area contributed by atoms with Gasteiger partial charge in [-0.15, -0.1) is 11.3 Å². The molecular formula is C11H12N2S. The second kappa shape index (κ2) is 3.42. The highest BCUT2D eigenvalue weighted by molar-refractivity contribution is 7.11. The third-order valence-electron chi connectivity index (χ3n) is 2.06. The third kappa shape index (κ3) is 1.63. The van der Waals surface area contributed by atoms with Crippen molar-refractivity contribution in [1.29, 1.82) is 0 Å². The summed E-state index contributed by atoms with van der Waals surface area (Å²) in [7, 11) is 0. The normalized spacial score (nSPS) is 10.4. The Labute approximate surface area is 87.4 Å².